The number of amides is 3. The van der Waals surface area contributed by atoms with Gasteiger partial charge in [-0.05, 0) is 37.1 Å². The lowest BCUT2D eigenvalue weighted by molar-refractivity contribution is -0.384. The highest BCUT2D eigenvalue weighted by Crippen LogP contribution is 2.19. The molecule has 0 heterocycles. The van der Waals surface area contributed by atoms with E-state index < -0.39 is 10.8 Å². The predicted molar refractivity (Wildman–Crippen MR) is 112 cm³/mol. The van der Waals surface area contributed by atoms with Crippen LogP contribution in [-0.2, 0) is 9.59 Å². The molecule has 0 aromatic heterocycles. The molecule has 0 spiro atoms. The Morgan fingerprint density at radius 3 is 2.20 bits per heavy atom. The molecule has 0 aliphatic carbocycles. The Kier molecular flexibility index (Phi) is 7.62. The summed E-state index contributed by atoms with van der Waals surface area (Å²) in [6, 6.07) is 10.9. The van der Waals surface area contributed by atoms with E-state index in [2.05, 4.69) is 10.6 Å². The van der Waals surface area contributed by atoms with Crippen molar-refractivity contribution in [2.45, 2.75) is 20.3 Å². The second-order valence-electron chi connectivity index (χ2n) is 6.87. The maximum Gasteiger partial charge on any atom is 0.269 e. The fraction of sp³-hybridized carbons (Fsp3) is 0.286. The van der Waals surface area contributed by atoms with E-state index in [1.54, 1.807) is 0 Å². The van der Waals surface area contributed by atoms with Gasteiger partial charge >= 0.3 is 0 Å². The van der Waals surface area contributed by atoms with Crippen molar-refractivity contribution < 1.29 is 19.3 Å². The minimum absolute atomic E-state index is 0.0197. The van der Waals surface area contributed by atoms with Gasteiger partial charge in [-0.15, -0.1) is 0 Å². The van der Waals surface area contributed by atoms with Crippen LogP contribution in [-0.4, -0.2) is 47.7 Å². The van der Waals surface area contributed by atoms with Crippen LogP contribution in [0.2, 0.25) is 0 Å². The van der Waals surface area contributed by atoms with E-state index in [0.717, 1.165) is 16.8 Å². The number of nitro benzene ring substituents is 1. The van der Waals surface area contributed by atoms with Crippen LogP contribution in [0.3, 0.4) is 0 Å². The lowest BCUT2D eigenvalue weighted by Gasteiger charge is -2.18. The first-order valence-electron chi connectivity index (χ1n) is 9.31. The van der Waals surface area contributed by atoms with Crippen LogP contribution in [0.4, 0.5) is 11.4 Å². The molecule has 0 unspecified atom stereocenters. The first-order chi connectivity index (χ1) is 14.2. The van der Waals surface area contributed by atoms with Gasteiger partial charge in [-0.1, -0.05) is 18.2 Å². The number of para-hydroxylation sites is 1. The average Bonchev–Trinajstić information content (AvgIpc) is 2.70. The summed E-state index contributed by atoms with van der Waals surface area (Å²) >= 11 is 0. The average molecular weight is 412 g/mol. The van der Waals surface area contributed by atoms with E-state index in [0.29, 0.717) is 0 Å². The second-order valence-corrected chi connectivity index (χ2v) is 6.87. The van der Waals surface area contributed by atoms with Crippen LogP contribution in [0.5, 0.6) is 0 Å². The normalized spacial score (nSPS) is 10.2. The van der Waals surface area contributed by atoms with Crippen molar-refractivity contribution in [2.75, 3.05) is 25.5 Å². The highest BCUT2D eigenvalue weighted by molar-refractivity contribution is 5.96. The molecule has 0 aliphatic heterocycles. The van der Waals surface area contributed by atoms with Gasteiger partial charge in [0.15, 0.2) is 0 Å². The summed E-state index contributed by atoms with van der Waals surface area (Å²) in [5.41, 5.74) is 2.76. The Balaban J connectivity index is 1.79. The van der Waals surface area contributed by atoms with Crippen LogP contribution >= 0.6 is 0 Å². The van der Waals surface area contributed by atoms with Crippen molar-refractivity contribution in [1.82, 2.24) is 10.2 Å². The molecule has 3 amide bonds. The van der Waals surface area contributed by atoms with Gasteiger partial charge in [0.25, 0.3) is 11.6 Å². The molecule has 0 bridgehead atoms. The zero-order valence-electron chi connectivity index (χ0n) is 17.1. The summed E-state index contributed by atoms with van der Waals surface area (Å²) in [5, 5.41) is 16.0. The smallest absolute Gasteiger partial charge is 0.269 e. The molecule has 0 atom stereocenters. The molecule has 0 aliphatic rings. The minimum atomic E-state index is -0.549. The molecular weight excluding hydrogens is 388 g/mol. The summed E-state index contributed by atoms with van der Waals surface area (Å²) in [4.78, 5) is 47.9. The van der Waals surface area contributed by atoms with Gasteiger partial charge < -0.3 is 15.5 Å². The first kappa shape index (κ1) is 22.5. The molecule has 30 heavy (non-hydrogen) atoms. The standard InChI is InChI=1S/C21H24N4O5/c1-14-5-4-6-15(2)20(14)23-18(26)13-24(3)19(27)11-12-22-21(28)16-7-9-17(10-8-16)25(29)30/h4-10H,11-13H2,1-3H3,(H,22,28)(H,23,26). The molecule has 0 fully saturated rings. The number of benzene rings is 2. The zero-order chi connectivity index (χ0) is 22.3. The van der Waals surface area contributed by atoms with Crippen molar-refractivity contribution >= 4 is 29.1 Å². The third kappa shape index (κ3) is 6.13. The van der Waals surface area contributed by atoms with Crippen molar-refractivity contribution in [3.63, 3.8) is 0 Å². The summed E-state index contributed by atoms with van der Waals surface area (Å²) in [7, 11) is 1.52. The Hall–Kier alpha value is -3.75. The molecular formula is C21H24N4O5. The number of carbonyl (C=O) groups is 3. The van der Waals surface area contributed by atoms with Crippen LogP contribution in [0.1, 0.15) is 27.9 Å². The summed E-state index contributed by atoms with van der Waals surface area (Å²) < 4.78 is 0. The zero-order valence-corrected chi connectivity index (χ0v) is 17.1. The Morgan fingerprint density at radius 1 is 1.03 bits per heavy atom. The molecule has 2 N–H and O–H groups in total. The Morgan fingerprint density at radius 2 is 1.63 bits per heavy atom. The van der Waals surface area contributed by atoms with Crippen molar-refractivity contribution in [2.24, 2.45) is 0 Å². The molecule has 9 heteroatoms. The van der Waals surface area contributed by atoms with Crippen molar-refractivity contribution in [1.29, 1.82) is 0 Å². The highest BCUT2D eigenvalue weighted by Gasteiger charge is 2.15. The maximum absolute atomic E-state index is 12.3. The number of hydrogen-bond acceptors (Lipinski definition) is 5. The van der Waals surface area contributed by atoms with Gasteiger partial charge in [0, 0.05) is 43.4 Å². The first-order valence-corrected chi connectivity index (χ1v) is 9.31. The Labute approximate surface area is 174 Å². The SMILES string of the molecule is Cc1cccc(C)c1NC(=O)CN(C)C(=O)CCNC(=O)c1ccc([N+](=O)[O-])cc1. The fourth-order valence-corrected chi connectivity index (χ4v) is 2.80. The molecule has 0 radical (unpaired) electrons. The number of nitro groups is 1. The van der Waals surface area contributed by atoms with Gasteiger partial charge in [-0.3, -0.25) is 24.5 Å². The van der Waals surface area contributed by atoms with Crippen LogP contribution in [0.25, 0.3) is 0 Å². The number of nitrogens with one attached hydrogen (secondary N) is 2. The lowest BCUT2D eigenvalue weighted by Crippen LogP contribution is -2.37. The van der Waals surface area contributed by atoms with E-state index >= 15 is 0 Å². The minimum Gasteiger partial charge on any atom is -0.352 e. The van der Waals surface area contributed by atoms with E-state index in [1.807, 2.05) is 32.0 Å². The number of carbonyl (C=O) groups excluding carboxylic acids is 3. The lowest BCUT2D eigenvalue weighted by atomic mass is 10.1. The van der Waals surface area contributed by atoms with Crippen LogP contribution in [0.15, 0.2) is 42.5 Å². The number of hydrogen-bond donors (Lipinski definition) is 2. The number of non-ortho nitro benzene ring substituents is 1. The highest BCUT2D eigenvalue weighted by atomic mass is 16.6. The van der Waals surface area contributed by atoms with Gasteiger partial charge in [0.2, 0.25) is 11.8 Å². The largest absolute Gasteiger partial charge is 0.352 e. The number of rotatable bonds is 8. The number of aryl methyl sites for hydroxylation is 2. The third-order valence-corrected chi connectivity index (χ3v) is 4.52. The van der Waals surface area contributed by atoms with Crippen LogP contribution < -0.4 is 10.6 Å². The second kappa shape index (κ2) is 10.1. The molecule has 9 nitrogen and oxygen atoms in total. The molecule has 0 saturated heterocycles. The van der Waals surface area contributed by atoms with E-state index in [1.165, 1.54) is 36.2 Å². The number of anilines is 1. The summed E-state index contributed by atoms with van der Waals surface area (Å²) in [6.07, 6.45) is 0.0197. The van der Waals surface area contributed by atoms with Gasteiger partial charge in [0.1, 0.15) is 0 Å². The predicted octanol–water partition coefficient (Wildman–Crippen LogP) is 2.43. The quantitative estimate of drug-likeness (QED) is 0.509. The molecule has 2 aromatic rings. The van der Waals surface area contributed by atoms with E-state index in [-0.39, 0.29) is 42.6 Å². The van der Waals surface area contributed by atoms with Crippen molar-refractivity contribution in [3.05, 3.63) is 69.3 Å². The fourth-order valence-electron chi connectivity index (χ4n) is 2.80. The molecule has 0 saturated carbocycles. The van der Waals surface area contributed by atoms with Gasteiger partial charge in [0.05, 0.1) is 11.5 Å². The summed E-state index contributed by atoms with van der Waals surface area (Å²) in [5.74, 6) is -1.04. The molecule has 158 valence electrons. The maximum atomic E-state index is 12.3. The van der Waals surface area contributed by atoms with Crippen LogP contribution in [0, 0.1) is 24.0 Å². The van der Waals surface area contributed by atoms with E-state index in [9.17, 15) is 24.5 Å². The Bertz CT molecular complexity index is 936. The third-order valence-electron chi connectivity index (χ3n) is 4.52. The van der Waals surface area contributed by atoms with E-state index in [4.69, 9.17) is 0 Å². The van der Waals surface area contributed by atoms with Crippen molar-refractivity contribution in [3.8, 4) is 0 Å². The molecule has 2 rings (SSSR count). The number of likely N-dealkylation sites (N-methyl/N-ethyl adjacent to an activating group) is 1. The van der Waals surface area contributed by atoms with Gasteiger partial charge in [-0.25, -0.2) is 0 Å². The molecule has 2 aromatic carbocycles. The monoisotopic (exact) mass is 412 g/mol. The summed E-state index contributed by atoms with van der Waals surface area (Å²) in [6.45, 7) is 3.76. The van der Waals surface area contributed by atoms with Gasteiger partial charge in [-0.2, -0.15) is 0 Å². The topological polar surface area (TPSA) is 122 Å². The number of nitrogens with zero attached hydrogens (tertiary/aromatic N) is 2.